The highest BCUT2D eigenvalue weighted by Gasteiger charge is 2.27. The van der Waals surface area contributed by atoms with Crippen LogP contribution < -0.4 is 20.3 Å². The lowest BCUT2D eigenvalue weighted by Gasteiger charge is -2.25. The lowest BCUT2D eigenvalue weighted by atomic mass is 10.1. The van der Waals surface area contributed by atoms with Crippen molar-refractivity contribution >= 4 is 23.9 Å². The number of nitrogens with one attached hydrogen (secondary N) is 2. The van der Waals surface area contributed by atoms with Gasteiger partial charge in [-0.05, 0) is 36.3 Å². The van der Waals surface area contributed by atoms with Crippen LogP contribution >= 0.6 is 0 Å². The van der Waals surface area contributed by atoms with E-state index in [2.05, 4.69) is 10.9 Å². The van der Waals surface area contributed by atoms with Crippen LogP contribution in [0, 0.1) is 6.92 Å². The van der Waals surface area contributed by atoms with Gasteiger partial charge in [0.2, 0.25) is 6.10 Å². The van der Waals surface area contributed by atoms with Gasteiger partial charge >= 0.3 is 5.97 Å². The number of hydrogen-bond donors (Lipinski definition) is 2. The summed E-state index contributed by atoms with van der Waals surface area (Å²) in [5.41, 5.74) is 6.27. The zero-order valence-corrected chi connectivity index (χ0v) is 15.7. The van der Waals surface area contributed by atoms with Crippen LogP contribution in [0.15, 0.2) is 54.6 Å². The Morgan fingerprint density at radius 2 is 1.79 bits per heavy atom. The summed E-state index contributed by atoms with van der Waals surface area (Å²) >= 11 is 0. The summed E-state index contributed by atoms with van der Waals surface area (Å²) in [5.74, 6) is -0.951. The second-order valence-electron chi connectivity index (χ2n) is 6.20. The molecule has 2 aromatic rings. The van der Waals surface area contributed by atoms with Crippen LogP contribution in [-0.4, -0.2) is 37.1 Å². The fourth-order valence-corrected chi connectivity index (χ4v) is 2.51. The molecule has 2 amide bonds. The zero-order chi connectivity index (χ0) is 20.6. The number of rotatable bonds is 5. The number of hydrogen-bond acceptors (Lipinski definition) is 6. The summed E-state index contributed by atoms with van der Waals surface area (Å²) in [5, 5.41) is 0. The molecule has 150 valence electrons. The Morgan fingerprint density at radius 3 is 2.59 bits per heavy atom. The fraction of sp³-hybridized carbons (Fsp3) is 0.190. The Kier molecular flexibility index (Phi) is 6.47. The molecule has 1 aliphatic rings. The smallest absolute Gasteiger partial charge is 0.331 e. The Balaban J connectivity index is 1.39. The van der Waals surface area contributed by atoms with Gasteiger partial charge in [0.05, 0.1) is 0 Å². The van der Waals surface area contributed by atoms with E-state index in [0.717, 1.165) is 11.1 Å². The van der Waals surface area contributed by atoms with E-state index in [1.54, 1.807) is 30.3 Å². The highest BCUT2D eigenvalue weighted by atomic mass is 16.6. The van der Waals surface area contributed by atoms with Crippen molar-refractivity contribution in [2.75, 3.05) is 13.2 Å². The number of benzene rings is 2. The van der Waals surface area contributed by atoms with E-state index in [-0.39, 0.29) is 6.61 Å². The van der Waals surface area contributed by atoms with Crippen molar-refractivity contribution < 1.29 is 28.6 Å². The van der Waals surface area contributed by atoms with Crippen LogP contribution in [0.5, 0.6) is 11.5 Å². The standard InChI is InChI=1S/C21H20N2O6/c1-14-6-2-3-7-15(14)10-11-20(25)28-13-19(24)22-23-21(26)18-12-27-16-8-4-5-9-17(16)29-18/h2-11,18H,12-13H2,1H3,(H,22,24)(H,23,26)/b11-10+/t18-/m0/s1. The SMILES string of the molecule is Cc1ccccc1/C=C/C(=O)OCC(=O)NNC(=O)[C@@H]1COc2ccccc2O1. The maximum absolute atomic E-state index is 12.1. The molecule has 0 spiro atoms. The first-order valence-electron chi connectivity index (χ1n) is 8.90. The van der Waals surface area contributed by atoms with Crippen LogP contribution in [0.25, 0.3) is 6.08 Å². The minimum absolute atomic E-state index is 0.0113. The quantitative estimate of drug-likeness (QED) is 0.452. The lowest BCUT2D eigenvalue weighted by Crippen LogP contribution is -2.51. The van der Waals surface area contributed by atoms with Crippen molar-refractivity contribution in [2.45, 2.75) is 13.0 Å². The lowest BCUT2D eigenvalue weighted by molar-refractivity contribution is -0.145. The second-order valence-corrected chi connectivity index (χ2v) is 6.20. The Hall–Kier alpha value is -3.81. The first kappa shape index (κ1) is 19.9. The van der Waals surface area contributed by atoms with Crippen LogP contribution in [0.1, 0.15) is 11.1 Å². The molecule has 0 bridgehead atoms. The molecule has 29 heavy (non-hydrogen) atoms. The fourth-order valence-electron chi connectivity index (χ4n) is 2.51. The first-order valence-corrected chi connectivity index (χ1v) is 8.90. The van der Waals surface area contributed by atoms with Gasteiger partial charge < -0.3 is 14.2 Å². The molecule has 1 heterocycles. The van der Waals surface area contributed by atoms with Crippen molar-refractivity contribution in [1.29, 1.82) is 0 Å². The number of para-hydroxylation sites is 2. The van der Waals surface area contributed by atoms with Crippen molar-refractivity contribution in [3.8, 4) is 11.5 Å². The minimum atomic E-state index is -0.912. The largest absolute Gasteiger partial charge is 0.485 e. The number of hydrazine groups is 1. The summed E-state index contributed by atoms with van der Waals surface area (Å²) in [7, 11) is 0. The van der Waals surface area contributed by atoms with Gasteiger partial charge in [-0.1, -0.05) is 36.4 Å². The third-order valence-corrected chi connectivity index (χ3v) is 4.06. The van der Waals surface area contributed by atoms with Gasteiger partial charge in [-0.15, -0.1) is 0 Å². The van der Waals surface area contributed by atoms with Crippen molar-refractivity contribution in [3.05, 3.63) is 65.7 Å². The second kappa shape index (κ2) is 9.41. The van der Waals surface area contributed by atoms with Crippen molar-refractivity contribution in [3.63, 3.8) is 0 Å². The molecule has 0 saturated heterocycles. The van der Waals surface area contributed by atoms with Crippen LogP contribution in [0.3, 0.4) is 0 Å². The van der Waals surface area contributed by atoms with Gasteiger partial charge in [-0.25, -0.2) is 4.79 Å². The van der Waals surface area contributed by atoms with Gasteiger partial charge in [0.15, 0.2) is 18.1 Å². The molecule has 0 aromatic heterocycles. The van der Waals surface area contributed by atoms with Gasteiger partial charge in [0.1, 0.15) is 6.61 Å². The molecule has 0 aliphatic carbocycles. The van der Waals surface area contributed by atoms with E-state index < -0.39 is 30.5 Å². The molecular formula is C21H20N2O6. The number of carbonyl (C=O) groups excluding carboxylic acids is 3. The summed E-state index contributed by atoms with van der Waals surface area (Å²) in [6.07, 6.45) is 1.93. The van der Waals surface area contributed by atoms with Gasteiger partial charge in [-0.2, -0.15) is 0 Å². The van der Waals surface area contributed by atoms with Crippen LogP contribution in [-0.2, 0) is 19.1 Å². The number of esters is 1. The molecule has 2 N–H and O–H groups in total. The number of amides is 2. The maximum Gasteiger partial charge on any atom is 0.331 e. The Bertz CT molecular complexity index is 940. The average Bonchev–Trinajstić information content (AvgIpc) is 2.75. The predicted octanol–water partition coefficient (Wildman–Crippen LogP) is 1.54. The molecule has 0 radical (unpaired) electrons. The third-order valence-electron chi connectivity index (χ3n) is 4.06. The first-order chi connectivity index (χ1) is 14.0. The van der Waals surface area contributed by atoms with E-state index >= 15 is 0 Å². The third kappa shape index (κ3) is 5.58. The van der Waals surface area contributed by atoms with E-state index in [0.29, 0.717) is 11.5 Å². The van der Waals surface area contributed by atoms with Gasteiger partial charge in [0, 0.05) is 6.08 Å². The Morgan fingerprint density at radius 1 is 1.07 bits per heavy atom. The summed E-state index contributed by atoms with van der Waals surface area (Å²) in [6.45, 7) is 1.39. The molecule has 2 aromatic carbocycles. The molecular weight excluding hydrogens is 376 g/mol. The summed E-state index contributed by atoms with van der Waals surface area (Å²) in [4.78, 5) is 35.6. The van der Waals surface area contributed by atoms with E-state index in [1.165, 1.54) is 6.08 Å². The van der Waals surface area contributed by atoms with Crippen molar-refractivity contribution in [1.82, 2.24) is 10.9 Å². The number of ether oxygens (including phenoxy) is 3. The molecule has 0 fully saturated rings. The van der Waals surface area contributed by atoms with E-state index in [9.17, 15) is 14.4 Å². The monoisotopic (exact) mass is 396 g/mol. The molecule has 3 rings (SSSR count). The molecule has 8 heteroatoms. The molecule has 0 saturated carbocycles. The molecule has 8 nitrogen and oxygen atoms in total. The summed E-state index contributed by atoms with van der Waals surface area (Å²) in [6, 6.07) is 14.5. The number of fused-ring (bicyclic) bond motifs is 1. The number of carbonyl (C=O) groups is 3. The van der Waals surface area contributed by atoms with Crippen LogP contribution in [0.2, 0.25) is 0 Å². The van der Waals surface area contributed by atoms with Crippen molar-refractivity contribution in [2.24, 2.45) is 0 Å². The summed E-state index contributed by atoms with van der Waals surface area (Å²) < 4.78 is 15.8. The average molecular weight is 396 g/mol. The van der Waals surface area contributed by atoms with Gasteiger partial charge in [-0.3, -0.25) is 20.4 Å². The molecule has 1 aliphatic heterocycles. The minimum Gasteiger partial charge on any atom is -0.485 e. The van der Waals surface area contributed by atoms with E-state index in [1.807, 2.05) is 31.2 Å². The molecule has 1 atom stereocenters. The number of aryl methyl sites for hydroxylation is 1. The topological polar surface area (TPSA) is 103 Å². The normalized spacial score (nSPS) is 14.9. The van der Waals surface area contributed by atoms with E-state index in [4.69, 9.17) is 14.2 Å². The highest BCUT2D eigenvalue weighted by Crippen LogP contribution is 2.30. The maximum atomic E-state index is 12.1. The predicted molar refractivity (Wildman–Crippen MR) is 104 cm³/mol. The van der Waals surface area contributed by atoms with Gasteiger partial charge in [0.25, 0.3) is 11.8 Å². The Labute approximate surface area is 167 Å². The zero-order valence-electron chi connectivity index (χ0n) is 15.7. The highest BCUT2D eigenvalue weighted by molar-refractivity contribution is 5.90. The molecule has 0 unspecified atom stereocenters. The van der Waals surface area contributed by atoms with Crippen LogP contribution in [0.4, 0.5) is 0 Å².